The summed E-state index contributed by atoms with van der Waals surface area (Å²) in [5.74, 6) is -0.0618. The van der Waals surface area contributed by atoms with Gasteiger partial charge in [-0.1, -0.05) is 42.5 Å². The largest absolute Gasteiger partial charge is 0.495 e. The number of methoxy groups -OCH3 is 1. The summed E-state index contributed by atoms with van der Waals surface area (Å²) in [5.41, 5.74) is 4.23. The number of sulfonamides is 1. The number of ether oxygens (including phenoxy) is 2. The van der Waals surface area contributed by atoms with Crippen molar-refractivity contribution in [3.05, 3.63) is 90.0 Å². The van der Waals surface area contributed by atoms with Crippen LogP contribution < -0.4 is 24.5 Å². The molecule has 38 heavy (non-hydrogen) atoms. The minimum absolute atomic E-state index is 0.135. The number of nitrogens with one attached hydrogen (secondary N) is 2. The van der Waals surface area contributed by atoms with Gasteiger partial charge >= 0.3 is 0 Å². The van der Waals surface area contributed by atoms with E-state index in [9.17, 15) is 18.0 Å². The van der Waals surface area contributed by atoms with E-state index in [1.165, 1.54) is 13.3 Å². The maximum Gasteiger partial charge on any atom is 0.260 e. The van der Waals surface area contributed by atoms with E-state index in [0.717, 1.165) is 16.1 Å². The van der Waals surface area contributed by atoms with Gasteiger partial charge in [0.1, 0.15) is 18.0 Å². The molecule has 10 nitrogen and oxygen atoms in total. The zero-order valence-electron chi connectivity index (χ0n) is 21.3. The average Bonchev–Trinajstić information content (AvgIpc) is 2.91. The van der Waals surface area contributed by atoms with Crippen molar-refractivity contribution in [2.75, 3.05) is 30.8 Å². The van der Waals surface area contributed by atoms with E-state index in [4.69, 9.17) is 9.47 Å². The van der Waals surface area contributed by atoms with Crippen LogP contribution in [0.2, 0.25) is 0 Å². The Morgan fingerprint density at radius 2 is 1.63 bits per heavy atom. The monoisotopic (exact) mass is 538 g/mol. The third kappa shape index (κ3) is 8.34. The fourth-order valence-corrected chi connectivity index (χ4v) is 4.33. The minimum atomic E-state index is -3.76. The lowest BCUT2D eigenvalue weighted by Gasteiger charge is -2.23. The fraction of sp³-hybridized carbons (Fsp3) is 0.222. The summed E-state index contributed by atoms with van der Waals surface area (Å²) in [7, 11) is -2.34. The molecule has 0 fully saturated rings. The lowest BCUT2D eigenvalue weighted by atomic mass is 10.1. The van der Waals surface area contributed by atoms with Crippen LogP contribution in [-0.2, 0) is 19.6 Å². The Morgan fingerprint density at radius 1 is 0.974 bits per heavy atom. The Labute approximate surface area is 222 Å². The number of amides is 2. The Kier molecular flexibility index (Phi) is 9.83. The summed E-state index contributed by atoms with van der Waals surface area (Å²) in [5, 5.41) is 6.78. The van der Waals surface area contributed by atoms with E-state index >= 15 is 0 Å². The first kappa shape index (κ1) is 28.2. The van der Waals surface area contributed by atoms with Crippen LogP contribution in [0.4, 0.5) is 5.69 Å². The molecule has 1 atom stereocenters. The molecule has 0 radical (unpaired) electrons. The molecule has 0 saturated heterocycles. The maximum absolute atomic E-state index is 12.4. The second kappa shape index (κ2) is 13.2. The highest BCUT2D eigenvalue weighted by Gasteiger charge is 2.23. The zero-order chi connectivity index (χ0) is 27.5. The van der Waals surface area contributed by atoms with Crippen molar-refractivity contribution < 1.29 is 27.5 Å². The van der Waals surface area contributed by atoms with Crippen LogP contribution in [0.1, 0.15) is 24.1 Å². The third-order valence-corrected chi connectivity index (χ3v) is 6.50. The Hall–Kier alpha value is -4.38. The second-order valence-corrected chi connectivity index (χ2v) is 10.2. The van der Waals surface area contributed by atoms with Gasteiger partial charge in [0.2, 0.25) is 10.0 Å². The third-order valence-electron chi connectivity index (χ3n) is 5.37. The number of nitrogens with zero attached hydrogens (tertiary/aromatic N) is 2. The van der Waals surface area contributed by atoms with Crippen molar-refractivity contribution in [1.82, 2.24) is 10.7 Å². The van der Waals surface area contributed by atoms with Gasteiger partial charge < -0.3 is 14.8 Å². The summed E-state index contributed by atoms with van der Waals surface area (Å²) in [6, 6.07) is 22.7. The molecule has 3 rings (SSSR count). The molecule has 3 aromatic carbocycles. The van der Waals surface area contributed by atoms with Crippen molar-refractivity contribution in [3.63, 3.8) is 0 Å². The molecule has 2 amide bonds. The number of carbonyl (C=O) groups excluding carboxylic acids is 2. The SMILES string of the molecule is COc1ccccc1N(CC(=O)N/N=C\c1ccc(OCC(=O)N[C@@H](C)c2ccccc2)cc1)S(C)(=O)=O. The van der Waals surface area contributed by atoms with Crippen LogP contribution in [0.5, 0.6) is 11.5 Å². The molecule has 3 aromatic rings. The van der Waals surface area contributed by atoms with E-state index in [1.807, 2.05) is 37.3 Å². The molecule has 11 heteroatoms. The van der Waals surface area contributed by atoms with Gasteiger partial charge in [-0.3, -0.25) is 13.9 Å². The van der Waals surface area contributed by atoms with Crippen LogP contribution in [-0.4, -0.2) is 53.0 Å². The highest BCUT2D eigenvalue weighted by atomic mass is 32.2. The maximum atomic E-state index is 12.4. The number of hydrogen-bond acceptors (Lipinski definition) is 7. The molecule has 0 aliphatic rings. The van der Waals surface area contributed by atoms with Crippen LogP contribution in [0.25, 0.3) is 0 Å². The van der Waals surface area contributed by atoms with Crippen molar-refractivity contribution in [2.45, 2.75) is 13.0 Å². The summed E-state index contributed by atoms with van der Waals surface area (Å²) < 4.78 is 36.3. The Bertz CT molecular complexity index is 1360. The Morgan fingerprint density at radius 3 is 2.29 bits per heavy atom. The number of anilines is 1. The molecule has 0 heterocycles. The molecular weight excluding hydrogens is 508 g/mol. The van der Waals surface area contributed by atoms with Crippen LogP contribution >= 0.6 is 0 Å². The standard InChI is InChI=1S/C27H30N4O6S/c1-20(22-9-5-4-6-10-22)29-27(33)19-37-23-15-13-21(14-16-23)17-28-30-26(32)18-31(38(3,34)35)24-11-7-8-12-25(24)36-2/h4-17,20H,18-19H2,1-3H3,(H,29,33)(H,30,32)/b28-17-/t20-/m0/s1. The molecule has 0 bridgehead atoms. The number of carbonyl (C=O) groups is 2. The van der Waals surface area contributed by atoms with Gasteiger partial charge in [0.15, 0.2) is 6.61 Å². The van der Waals surface area contributed by atoms with Gasteiger partial charge in [-0.2, -0.15) is 5.10 Å². The predicted octanol–water partition coefficient (Wildman–Crippen LogP) is 2.87. The van der Waals surface area contributed by atoms with Gasteiger partial charge in [-0.25, -0.2) is 13.8 Å². The molecule has 2 N–H and O–H groups in total. The van der Waals surface area contributed by atoms with Gasteiger partial charge in [0.05, 0.1) is 31.3 Å². The van der Waals surface area contributed by atoms with Gasteiger partial charge in [0, 0.05) is 0 Å². The second-order valence-electron chi connectivity index (χ2n) is 8.29. The van der Waals surface area contributed by atoms with Crippen molar-refractivity contribution in [1.29, 1.82) is 0 Å². The number of hydrazone groups is 1. The highest BCUT2D eigenvalue weighted by Crippen LogP contribution is 2.29. The summed E-state index contributed by atoms with van der Waals surface area (Å²) >= 11 is 0. The molecule has 200 valence electrons. The van der Waals surface area contributed by atoms with Crippen molar-refractivity contribution >= 4 is 33.7 Å². The minimum Gasteiger partial charge on any atom is -0.495 e. The zero-order valence-corrected chi connectivity index (χ0v) is 22.1. The first-order valence-corrected chi connectivity index (χ1v) is 13.5. The van der Waals surface area contributed by atoms with Crippen LogP contribution in [0.3, 0.4) is 0 Å². The number of hydrogen-bond donors (Lipinski definition) is 2. The lowest BCUT2D eigenvalue weighted by Crippen LogP contribution is -2.39. The number of rotatable bonds is 12. The molecular formula is C27H30N4O6S. The molecule has 0 aliphatic carbocycles. The first-order chi connectivity index (χ1) is 18.2. The van der Waals surface area contributed by atoms with Crippen molar-refractivity contribution in [3.8, 4) is 11.5 Å². The predicted molar refractivity (Wildman–Crippen MR) is 146 cm³/mol. The van der Waals surface area contributed by atoms with Gasteiger partial charge in [-0.05, 0) is 54.4 Å². The lowest BCUT2D eigenvalue weighted by molar-refractivity contribution is -0.123. The molecule has 0 spiro atoms. The van der Waals surface area contributed by atoms with Crippen LogP contribution in [0.15, 0.2) is 84.0 Å². The quantitative estimate of drug-likeness (QED) is 0.270. The first-order valence-electron chi connectivity index (χ1n) is 11.7. The fourth-order valence-electron chi connectivity index (χ4n) is 3.47. The van der Waals surface area contributed by atoms with E-state index in [0.29, 0.717) is 17.1 Å². The number of para-hydroxylation sites is 2. The topological polar surface area (TPSA) is 126 Å². The number of benzene rings is 3. The molecule has 0 aromatic heterocycles. The van der Waals surface area contributed by atoms with E-state index < -0.39 is 22.5 Å². The van der Waals surface area contributed by atoms with Crippen LogP contribution in [0, 0.1) is 0 Å². The summed E-state index contributed by atoms with van der Waals surface area (Å²) in [6.07, 6.45) is 2.41. The van der Waals surface area contributed by atoms with Crippen molar-refractivity contribution in [2.24, 2.45) is 5.10 Å². The van der Waals surface area contributed by atoms with Gasteiger partial charge in [0.25, 0.3) is 11.8 Å². The normalized spacial score (nSPS) is 12.0. The van der Waals surface area contributed by atoms with E-state index in [-0.39, 0.29) is 24.2 Å². The highest BCUT2D eigenvalue weighted by molar-refractivity contribution is 7.92. The van der Waals surface area contributed by atoms with Gasteiger partial charge in [-0.15, -0.1) is 0 Å². The summed E-state index contributed by atoms with van der Waals surface area (Å²) in [6.45, 7) is 1.29. The molecule has 0 saturated carbocycles. The summed E-state index contributed by atoms with van der Waals surface area (Å²) in [4.78, 5) is 24.6. The molecule has 0 unspecified atom stereocenters. The van der Waals surface area contributed by atoms with E-state index in [1.54, 1.807) is 48.5 Å². The molecule has 0 aliphatic heterocycles. The smallest absolute Gasteiger partial charge is 0.260 e. The Balaban J connectivity index is 1.50. The van der Waals surface area contributed by atoms with E-state index in [2.05, 4.69) is 15.8 Å². The average molecular weight is 539 g/mol.